The van der Waals surface area contributed by atoms with E-state index in [0.29, 0.717) is 24.6 Å². The number of thioether (sulfide) groups is 1. The SMILES string of the molecule is CCCCOC(=O)N1CC(Sc2cccc(Cl)c2)CC1C(=O)N(C#N)C1CC1. The lowest BCUT2D eigenvalue weighted by Crippen LogP contribution is -2.47. The Kier molecular flexibility index (Phi) is 7.08. The predicted octanol–water partition coefficient (Wildman–Crippen LogP) is 4.28. The molecule has 2 aliphatic rings. The molecule has 3 rings (SSSR count). The number of hydrogen-bond acceptors (Lipinski definition) is 5. The molecule has 2 amide bonds. The number of amides is 2. The molecule has 0 N–H and O–H groups in total. The quantitative estimate of drug-likeness (QED) is 0.373. The van der Waals surface area contributed by atoms with Gasteiger partial charge in [0.25, 0.3) is 5.91 Å². The molecule has 2 atom stereocenters. The number of benzene rings is 1. The highest BCUT2D eigenvalue weighted by molar-refractivity contribution is 8.00. The number of carbonyl (C=O) groups excluding carboxylic acids is 2. The van der Waals surface area contributed by atoms with Crippen LogP contribution in [0.1, 0.15) is 39.0 Å². The highest BCUT2D eigenvalue weighted by Gasteiger charge is 2.45. The fourth-order valence-corrected chi connectivity index (χ4v) is 4.75. The smallest absolute Gasteiger partial charge is 0.410 e. The van der Waals surface area contributed by atoms with Crippen molar-refractivity contribution in [3.8, 4) is 6.19 Å². The van der Waals surface area contributed by atoms with Gasteiger partial charge in [-0.25, -0.2) is 9.69 Å². The Hall–Kier alpha value is -1.91. The largest absolute Gasteiger partial charge is 0.449 e. The molecule has 8 heteroatoms. The fourth-order valence-electron chi connectivity index (χ4n) is 3.24. The van der Waals surface area contributed by atoms with Crippen LogP contribution in [0.25, 0.3) is 0 Å². The maximum atomic E-state index is 13.0. The van der Waals surface area contributed by atoms with E-state index in [4.69, 9.17) is 16.3 Å². The third kappa shape index (κ3) is 5.12. The summed E-state index contributed by atoms with van der Waals surface area (Å²) in [5.74, 6) is -0.299. The Bertz CT molecular complexity index is 765. The van der Waals surface area contributed by atoms with Crippen molar-refractivity contribution >= 4 is 35.4 Å². The van der Waals surface area contributed by atoms with Gasteiger partial charge in [0, 0.05) is 27.8 Å². The van der Waals surface area contributed by atoms with Crippen molar-refractivity contribution in [1.82, 2.24) is 9.80 Å². The van der Waals surface area contributed by atoms with Gasteiger partial charge in [-0.3, -0.25) is 9.69 Å². The molecule has 2 fully saturated rings. The first kappa shape index (κ1) is 20.8. The Morgan fingerprint density at radius 1 is 1.43 bits per heavy atom. The van der Waals surface area contributed by atoms with Gasteiger partial charge in [0.15, 0.2) is 6.19 Å². The van der Waals surface area contributed by atoms with Gasteiger partial charge in [0.2, 0.25) is 0 Å². The number of ether oxygens (including phenoxy) is 1. The van der Waals surface area contributed by atoms with Crippen LogP contribution in [0.15, 0.2) is 29.2 Å². The molecule has 0 spiro atoms. The Balaban J connectivity index is 1.72. The number of likely N-dealkylation sites (tertiary alicyclic amines) is 1. The monoisotopic (exact) mass is 421 g/mol. The summed E-state index contributed by atoms with van der Waals surface area (Å²) in [5.41, 5.74) is 0. The van der Waals surface area contributed by atoms with Crippen LogP contribution in [0, 0.1) is 11.5 Å². The van der Waals surface area contributed by atoms with Crippen LogP contribution in [-0.4, -0.2) is 52.3 Å². The van der Waals surface area contributed by atoms with E-state index < -0.39 is 12.1 Å². The highest BCUT2D eigenvalue weighted by Crippen LogP contribution is 2.36. The zero-order valence-corrected chi connectivity index (χ0v) is 17.4. The first-order valence-corrected chi connectivity index (χ1v) is 10.9. The van der Waals surface area contributed by atoms with Crippen molar-refractivity contribution in [3.63, 3.8) is 0 Å². The molecule has 1 heterocycles. The van der Waals surface area contributed by atoms with Gasteiger partial charge >= 0.3 is 6.09 Å². The Labute approximate surface area is 174 Å². The van der Waals surface area contributed by atoms with E-state index in [1.54, 1.807) is 11.8 Å². The summed E-state index contributed by atoms with van der Waals surface area (Å²) in [4.78, 5) is 29.3. The molecule has 28 heavy (non-hydrogen) atoms. The molecule has 6 nitrogen and oxygen atoms in total. The third-order valence-corrected chi connectivity index (χ3v) is 6.30. The van der Waals surface area contributed by atoms with E-state index in [1.807, 2.05) is 37.4 Å². The summed E-state index contributed by atoms with van der Waals surface area (Å²) < 4.78 is 5.36. The first-order valence-electron chi connectivity index (χ1n) is 9.62. The molecule has 1 aliphatic carbocycles. The lowest BCUT2D eigenvalue weighted by Gasteiger charge is -2.25. The topological polar surface area (TPSA) is 73.6 Å². The number of unbranched alkanes of at least 4 members (excludes halogenated alkanes) is 1. The average Bonchev–Trinajstić information content (AvgIpc) is 3.41. The summed E-state index contributed by atoms with van der Waals surface area (Å²) >= 11 is 7.66. The molecule has 0 bridgehead atoms. The van der Waals surface area contributed by atoms with Crippen LogP contribution in [0.4, 0.5) is 4.79 Å². The van der Waals surface area contributed by atoms with Gasteiger partial charge in [-0.15, -0.1) is 11.8 Å². The van der Waals surface area contributed by atoms with Crippen LogP contribution in [-0.2, 0) is 9.53 Å². The molecule has 150 valence electrons. The standard InChI is InChI=1S/C20H24ClN3O3S/c1-2-3-9-27-20(26)23-12-17(28-16-6-4-5-14(21)10-16)11-18(23)19(25)24(13-22)15-7-8-15/h4-6,10,15,17-18H,2-3,7-9,11-12H2,1H3. The minimum atomic E-state index is -0.661. The van der Waals surface area contributed by atoms with Crippen molar-refractivity contribution < 1.29 is 14.3 Å². The van der Waals surface area contributed by atoms with E-state index >= 15 is 0 Å². The number of carbonyl (C=O) groups is 2. The molecular formula is C20H24ClN3O3S. The van der Waals surface area contributed by atoms with Crippen molar-refractivity contribution in [2.24, 2.45) is 0 Å². The normalized spacial score (nSPS) is 21.2. The Morgan fingerprint density at radius 2 is 2.21 bits per heavy atom. The molecule has 1 saturated heterocycles. The van der Waals surface area contributed by atoms with Gasteiger partial charge < -0.3 is 4.74 Å². The van der Waals surface area contributed by atoms with Gasteiger partial charge in [-0.2, -0.15) is 5.26 Å². The minimum Gasteiger partial charge on any atom is -0.449 e. The van der Waals surface area contributed by atoms with Crippen molar-refractivity contribution in [2.45, 2.75) is 61.3 Å². The second-order valence-electron chi connectivity index (χ2n) is 7.11. The van der Waals surface area contributed by atoms with Gasteiger partial charge in [-0.1, -0.05) is 31.0 Å². The summed E-state index contributed by atoms with van der Waals surface area (Å²) in [6.07, 6.45) is 5.41. The van der Waals surface area contributed by atoms with Gasteiger partial charge in [0.1, 0.15) is 6.04 Å². The molecule has 2 unspecified atom stereocenters. The van der Waals surface area contributed by atoms with E-state index in [0.717, 1.165) is 30.6 Å². The summed E-state index contributed by atoms with van der Waals surface area (Å²) in [5, 5.41) is 10.1. The average molecular weight is 422 g/mol. The minimum absolute atomic E-state index is 0.0184. The van der Waals surface area contributed by atoms with Crippen LogP contribution < -0.4 is 0 Å². The number of hydrogen-bond donors (Lipinski definition) is 0. The summed E-state index contributed by atoms with van der Waals surface area (Å²) in [6, 6.07) is 6.84. The number of rotatable bonds is 7. The third-order valence-electron chi connectivity index (χ3n) is 4.86. The highest BCUT2D eigenvalue weighted by atomic mass is 35.5. The number of nitrogens with zero attached hydrogens (tertiary/aromatic N) is 3. The van der Waals surface area contributed by atoms with Crippen molar-refractivity contribution in [1.29, 1.82) is 5.26 Å². The summed E-state index contributed by atoms with van der Waals surface area (Å²) in [7, 11) is 0. The van der Waals surface area contributed by atoms with Crippen LogP contribution >= 0.6 is 23.4 Å². The number of nitriles is 1. The molecule has 1 saturated carbocycles. The molecule has 0 aromatic heterocycles. The number of halogens is 1. The van der Waals surface area contributed by atoms with E-state index in [-0.39, 0.29) is 17.2 Å². The summed E-state index contributed by atoms with van der Waals surface area (Å²) in [6.45, 7) is 2.76. The lowest BCUT2D eigenvalue weighted by atomic mass is 10.2. The fraction of sp³-hybridized carbons (Fsp3) is 0.550. The lowest BCUT2D eigenvalue weighted by molar-refractivity contribution is -0.132. The van der Waals surface area contributed by atoms with Crippen molar-refractivity contribution in [2.75, 3.05) is 13.2 Å². The van der Waals surface area contributed by atoms with Gasteiger partial charge in [0.05, 0.1) is 6.61 Å². The van der Waals surface area contributed by atoms with E-state index in [1.165, 1.54) is 9.80 Å². The van der Waals surface area contributed by atoms with E-state index in [2.05, 4.69) is 0 Å². The van der Waals surface area contributed by atoms with Crippen molar-refractivity contribution in [3.05, 3.63) is 29.3 Å². The van der Waals surface area contributed by atoms with Crippen LogP contribution in [0.2, 0.25) is 5.02 Å². The maximum Gasteiger partial charge on any atom is 0.410 e. The zero-order valence-electron chi connectivity index (χ0n) is 15.8. The Morgan fingerprint density at radius 3 is 2.86 bits per heavy atom. The van der Waals surface area contributed by atoms with Crippen LogP contribution in [0.5, 0.6) is 0 Å². The molecule has 1 aromatic rings. The van der Waals surface area contributed by atoms with Gasteiger partial charge in [-0.05, 0) is 43.9 Å². The zero-order chi connectivity index (χ0) is 20.1. The molecule has 0 radical (unpaired) electrons. The predicted molar refractivity (Wildman–Crippen MR) is 108 cm³/mol. The molecular weight excluding hydrogens is 398 g/mol. The second-order valence-corrected chi connectivity index (χ2v) is 8.92. The molecule has 1 aliphatic heterocycles. The maximum absolute atomic E-state index is 13.0. The first-order chi connectivity index (χ1) is 13.5. The molecule has 1 aromatic carbocycles. The second kappa shape index (κ2) is 9.53. The van der Waals surface area contributed by atoms with Crippen LogP contribution in [0.3, 0.4) is 0 Å². The van der Waals surface area contributed by atoms with E-state index in [9.17, 15) is 14.9 Å².